The molecule has 1 heterocycles. The molecule has 1 radical (unpaired) electrons. The molecule has 4 rings (SSSR count). The number of nitrogens with zero attached hydrogens (tertiary/aromatic N) is 2. The van der Waals surface area contributed by atoms with Crippen molar-refractivity contribution in [2.75, 3.05) is 0 Å². The number of carbonyl (C=O) groups is 1. The topological polar surface area (TPSA) is 60.9 Å². The molecule has 2 N–H and O–H groups in total. The van der Waals surface area contributed by atoms with Gasteiger partial charge in [-0.1, -0.05) is 42.5 Å². The lowest BCUT2D eigenvalue weighted by Gasteiger charge is -1.98. The normalized spacial score (nSPS) is 11.6. The van der Waals surface area contributed by atoms with Crippen molar-refractivity contribution in [2.45, 2.75) is 0 Å². The molecule has 3 aromatic carbocycles. The van der Waals surface area contributed by atoms with Crippen LogP contribution in [0.4, 0.5) is 9.18 Å². The maximum atomic E-state index is 13.4. The minimum atomic E-state index is -0.763. The van der Waals surface area contributed by atoms with Gasteiger partial charge in [0.1, 0.15) is 5.82 Å². The average Bonchev–Trinajstić information content (AvgIpc) is 2.98. The number of halogens is 1. The van der Waals surface area contributed by atoms with Crippen LogP contribution in [0, 0.1) is 11.9 Å². The van der Waals surface area contributed by atoms with Gasteiger partial charge in [0.25, 0.3) is 0 Å². The van der Waals surface area contributed by atoms with Gasteiger partial charge in [0.2, 0.25) is 0 Å². The molecular weight excluding hydrogens is 317 g/mol. The van der Waals surface area contributed by atoms with Gasteiger partial charge in [-0.05, 0) is 34.5 Å². The highest BCUT2D eigenvalue weighted by molar-refractivity contribution is 5.95. The van der Waals surface area contributed by atoms with Crippen LogP contribution in [0.25, 0.3) is 33.8 Å². The van der Waals surface area contributed by atoms with Gasteiger partial charge in [-0.25, -0.2) is 9.18 Å². The van der Waals surface area contributed by atoms with Gasteiger partial charge in [-0.3, -0.25) is 0 Å². The Hall–Kier alpha value is -3.47. The molecule has 0 saturated heterocycles. The molecule has 4 aromatic rings. The van der Waals surface area contributed by atoms with E-state index in [9.17, 15) is 9.18 Å². The third kappa shape index (κ3) is 2.76. The van der Waals surface area contributed by atoms with Gasteiger partial charge in [-0.15, -0.1) is 0 Å². The molecule has 1 aromatic heterocycles. The quantitative estimate of drug-likeness (QED) is 0.598. The molecule has 0 spiro atoms. The molecule has 0 atom stereocenters. The van der Waals surface area contributed by atoms with Crippen molar-refractivity contribution in [3.63, 3.8) is 0 Å². The summed E-state index contributed by atoms with van der Waals surface area (Å²) in [5.41, 5.74) is 7.16. The summed E-state index contributed by atoms with van der Waals surface area (Å²) in [6.07, 6.45) is 3.67. The van der Waals surface area contributed by atoms with E-state index < -0.39 is 11.8 Å². The Kier molecular flexibility index (Phi) is 3.54. The third-order valence-corrected chi connectivity index (χ3v) is 4.02. The van der Waals surface area contributed by atoms with Crippen LogP contribution in [0.2, 0.25) is 0 Å². The Balaban J connectivity index is 1.78. The molecular formula is C20H13FN3O. The highest BCUT2D eigenvalue weighted by atomic mass is 19.1. The summed E-state index contributed by atoms with van der Waals surface area (Å²) in [6, 6.07) is 18.6. The second kappa shape index (κ2) is 5.87. The summed E-state index contributed by atoms with van der Waals surface area (Å²) in [7, 11) is 0. The van der Waals surface area contributed by atoms with E-state index in [0.29, 0.717) is 16.6 Å². The molecule has 4 nitrogen and oxygen atoms in total. The van der Waals surface area contributed by atoms with E-state index in [1.54, 1.807) is 6.08 Å². The number of benzene rings is 3. The summed E-state index contributed by atoms with van der Waals surface area (Å²) >= 11 is 0. The van der Waals surface area contributed by atoms with Gasteiger partial charge >= 0.3 is 6.03 Å². The summed E-state index contributed by atoms with van der Waals surface area (Å²) < 4.78 is 14.4. The van der Waals surface area contributed by atoms with Crippen LogP contribution in [0.5, 0.6) is 0 Å². The lowest BCUT2D eigenvalue weighted by Crippen LogP contribution is -2.20. The van der Waals surface area contributed by atoms with Crippen molar-refractivity contribution in [1.82, 2.24) is 9.78 Å². The van der Waals surface area contributed by atoms with Crippen LogP contribution >= 0.6 is 0 Å². The summed E-state index contributed by atoms with van der Waals surface area (Å²) in [5, 5.41) is 7.08. The minimum absolute atomic E-state index is 0.321. The first kappa shape index (κ1) is 15.1. The number of fused-ring (bicyclic) bond motifs is 2. The zero-order chi connectivity index (χ0) is 17.4. The van der Waals surface area contributed by atoms with E-state index in [1.807, 2.05) is 36.4 Å². The van der Waals surface area contributed by atoms with Crippen LogP contribution in [0.15, 0.2) is 54.6 Å². The Morgan fingerprint density at radius 3 is 2.72 bits per heavy atom. The molecule has 0 unspecified atom stereocenters. The first-order valence-corrected chi connectivity index (χ1v) is 7.68. The fraction of sp³-hybridized carbons (Fsp3) is 0. The first-order valence-electron chi connectivity index (χ1n) is 7.68. The summed E-state index contributed by atoms with van der Waals surface area (Å²) in [5.74, 6) is -0.569. The average molecular weight is 330 g/mol. The Morgan fingerprint density at radius 1 is 1.12 bits per heavy atom. The van der Waals surface area contributed by atoms with Crippen LogP contribution in [0.1, 0.15) is 11.3 Å². The minimum Gasteiger partial charge on any atom is -0.350 e. The van der Waals surface area contributed by atoms with Crippen molar-refractivity contribution in [1.29, 1.82) is 0 Å². The van der Waals surface area contributed by atoms with E-state index >= 15 is 0 Å². The number of primary amides is 1. The van der Waals surface area contributed by atoms with Crippen LogP contribution in [-0.4, -0.2) is 15.8 Å². The molecule has 5 heteroatoms. The van der Waals surface area contributed by atoms with Crippen molar-refractivity contribution in [3.8, 4) is 0 Å². The van der Waals surface area contributed by atoms with Gasteiger partial charge in [0, 0.05) is 17.5 Å². The van der Waals surface area contributed by atoms with Gasteiger partial charge in [-0.2, -0.15) is 9.78 Å². The number of hydrogen-bond donors (Lipinski definition) is 1. The van der Waals surface area contributed by atoms with Gasteiger partial charge < -0.3 is 5.73 Å². The van der Waals surface area contributed by atoms with Gasteiger partial charge in [0.05, 0.1) is 11.2 Å². The van der Waals surface area contributed by atoms with Crippen molar-refractivity contribution in [3.05, 3.63) is 77.7 Å². The second-order valence-electron chi connectivity index (χ2n) is 5.66. The third-order valence-electron chi connectivity index (χ3n) is 4.02. The highest BCUT2D eigenvalue weighted by Crippen LogP contribution is 2.22. The molecule has 0 saturated carbocycles. The molecule has 0 fully saturated rings. The molecule has 0 aliphatic heterocycles. The SMILES string of the molecule is NC(=O)n1nc(C=Cc2ccc3ccccc3c2)c2c[c]c(F)cc21. The number of rotatable bonds is 2. The monoisotopic (exact) mass is 330 g/mol. The lowest BCUT2D eigenvalue weighted by molar-refractivity contribution is 0.248. The zero-order valence-corrected chi connectivity index (χ0v) is 13.1. The molecule has 0 bridgehead atoms. The van der Waals surface area contributed by atoms with Crippen molar-refractivity contribution < 1.29 is 9.18 Å². The Morgan fingerprint density at radius 2 is 1.92 bits per heavy atom. The van der Waals surface area contributed by atoms with Crippen molar-refractivity contribution >= 4 is 39.9 Å². The number of amides is 1. The number of carbonyl (C=O) groups excluding carboxylic acids is 1. The Bertz CT molecular complexity index is 1140. The van der Waals surface area contributed by atoms with Gasteiger partial charge in [0.15, 0.2) is 0 Å². The van der Waals surface area contributed by atoms with E-state index in [0.717, 1.165) is 21.0 Å². The molecule has 0 aliphatic carbocycles. The first-order chi connectivity index (χ1) is 12.1. The zero-order valence-electron chi connectivity index (χ0n) is 13.1. The predicted molar refractivity (Wildman–Crippen MR) is 96.4 cm³/mol. The molecule has 25 heavy (non-hydrogen) atoms. The van der Waals surface area contributed by atoms with Crippen LogP contribution in [-0.2, 0) is 0 Å². The second-order valence-corrected chi connectivity index (χ2v) is 5.66. The molecule has 0 aliphatic rings. The fourth-order valence-corrected chi connectivity index (χ4v) is 2.83. The Labute approximate surface area is 143 Å². The predicted octanol–water partition coefficient (Wildman–Crippen LogP) is 4.23. The van der Waals surface area contributed by atoms with Crippen LogP contribution < -0.4 is 5.73 Å². The summed E-state index contributed by atoms with van der Waals surface area (Å²) in [6.45, 7) is 0. The largest absolute Gasteiger partial charge is 0.350 e. The highest BCUT2D eigenvalue weighted by Gasteiger charge is 2.12. The van der Waals surface area contributed by atoms with Crippen molar-refractivity contribution in [2.24, 2.45) is 5.73 Å². The number of nitrogens with two attached hydrogens (primary N) is 1. The molecule has 1 amide bonds. The lowest BCUT2D eigenvalue weighted by atomic mass is 10.1. The summed E-state index contributed by atoms with van der Waals surface area (Å²) in [4.78, 5) is 11.5. The van der Waals surface area contributed by atoms with E-state index in [1.165, 1.54) is 12.1 Å². The van der Waals surface area contributed by atoms with E-state index in [-0.39, 0.29) is 0 Å². The number of aromatic nitrogens is 2. The standard InChI is InChI=1S/C20H13FN3O/c21-16-8-9-17-18(23-24(20(22)25)19(17)12-16)10-6-13-5-7-14-3-1-2-4-15(14)11-13/h1-7,9-12H,(H2,22,25). The van der Waals surface area contributed by atoms with Crippen LogP contribution in [0.3, 0.4) is 0 Å². The fourth-order valence-electron chi connectivity index (χ4n) is 2.83. The van der Waals surface area contributed by atoms with E-state index in [2.05, 4.69) is 23.3 Å². The smallest absolute Gasteiger partial charge is 0.340 e. The maximum absolute atomic E-state index is 13.4. The maximum Gasteiger partial charge on any atom is 0.340 e. The van der Waals surface area contributed by atoms with E-state index in [4.69, 9.17) is 5.73 Å². The molecule has 121 valence electrons. The number of hydrogen-bond acceptors (Lipinski definition) is 2.